The molecule has 20 heavy (non-hydrogen) atoms. The van der Waals surface area contributed by atoms with Crippen molar-refractivity contribution in [2.24, 2.45) is 0 Å². The zero-order valence-corrected chi connectivity index (χ0v) is 13.0. The molecule has 0 unspecified atom stereocenters. The van der Waals surface area contributed by atoms with Gasteiger partial charge in [-0.1, -0.05) is 12.1 Å². The van der Waals surface area contributed by atoms with Crippen LogP contribution in [0.15, 0.2) is 35.7 Å². The van der Waals surface area contributed by atoms with Crippen molar-refractivity contribution in [3.8, 4) is 0 Å². The van der Waals surface area contributed by atoms with Gasteiger partial charge in [0, 0.05) is 44.7 Å². The van der Waals surface area contributed by atoms with Crippen LogP contribution >= 0.6 is 0 Å². The highest BCUT2D eigenvalue weighted by Gasteiger charge is 2.20. The third kappa shape index (κ3) is 3.22. The number of rotatable bonds is 4. The van der Waals surface area contributed by atoms with E-state index in [4.69, 9.17) is 0 Å². The van der Waals surface area contributed by atoms with Crippen molar-refractivity contribution in [2.75, 3.05) is 43.9 Å². The van der Waals surface area contributed by atoms with Gasteiger partial charge >= 0.3 is 0 Å². The summed E-state index contributed by atoms with van der Waals surface area (Å²) in [7, 11) is -3.16. The molecule has 0 bridgehead atoms. The van der Waals surface area contributed by atoms with Crippen molar-refractivity contribution < 1.29 is 8.42 Å². The molecule has 0 amide bonds. The van der Waals surface area contributed by atoms with Crippen molar-refractivity contribution in [2.45, 2.75) is 11.8 Å². The molecule has 1 aliphatic rings. The maximum atomic E-state index is 11.8. The molecule has 1 heterocycles. The largest absolute Gasteiger partial charge is 0.369 e. The summed E-state index contributed by atoms with van der Waals surface area (Å²) in [6, 6.07) is 5.52. The highest BCUT2D eigenvalue weighted by Crippen LogP contribution is 2.27. The molecule has 0 aromatic heterocycles. The first-order valence-corrected chi connectivity index (χ1v) is 8.70. The van der Waals surface area contributed by atoms with E-state index in [1.54, 1.807) is 6.07 Å². The Balaban J connectivity index is 2.21. The molecule has 5 heteroatoms. The fourth-order valence-corrected chi connectivity index (χ4v) is 3.69. The monoisotopic (exact) mass is 294 g/mol. The molecule has 0 saturated carbocycles. The van der Waals surface area contributed by atoms with Crippen LogP contribution in [0.25, 0.3) is 0 Å². The van der Waals surface area contributed by atoms with Crippen molar-refractivity contribution in [1.29, 1.82) is 0 Å². The molecular formula is C15H22N2O2S. The maximum absolute atomic E-state index is 11.8. The minimum atomic E-state index is -3.16. The Morgan fingerprint density at radius 3 is 2.45 bits per heavy atom. The second-order valence-electron chi connectivity index (χ2n) is 5.25. The number of sulfone groups is 1. The summed E-state index contributed by atoms with van der Waals surface area (Å²) in [5, 5.41) is 0. The minimum Gasteiger partial charge on any atom is -0.369 e. The Bertz CT molecular complexity index is 588. The van der Waals surface area contributed by atoms with E-state index in [2.05, 4.69) is 16.4 Å². The van der Waals surface area contributed by atoms with Gasteiger partial charge in [-0.05, 0) is 24.6 Å². The Kier molecular flexibility index (Phi) is 4.50. The number of anilines is 1. The van der Waals surface area contributed by atoms with E-state index in [1.807, 2.05) is 25.1 Å². The van der Waals surface area contributed by atoms with E-state index in [-0.39, 0.29) is 0 Å². The van der Waals surface area contributed by atoms with Crippen LogP contribution in [0, 0.1) is 6.92 Å². The van der Waals surface area contributed by atoms with Crippen LogP contribution in [0.2, 0.25) is 0 Å². The van der Waals surface area contributed by atoms with E-state index in [0.29, 0.717) is 4.90 Å². The molecule has 0 radical (unpaired) electrons. The quantitative estimate of drug-likeness (QED) is 0.793. The van der Waals surface area contributed by atoms with Gasteiger partial charge in [0.15, 0.2) is 9.84 Å². The molecule has 0 aliphatic carbocycles. The Morgan fingerprint density at radius 1 is 1.25 bits per heavy atom. The van der Waals surface area contributed by atoms with Gasteiger partial charge in [-0.2, -0.15) is 0 Å². The molecule has 1 fully saturated rings. The lowest BCUT2D eigenvalue weighted by molar-refractivity contribution is 0.284. The minimum absolute atomic E-state index is 0.434. The number of nitrogens with zero attached hydrogens (tertiary/aromatic N) is 2. The van der Waals surface area contributed by atoms with Crippen LogP contribution in [0.1, 0.15) is 5.56 Å². The summed E-state index contributed by atoms with van der Waals surface area (Å²) in [6.45, 7) is 10.4. The molecule has 1 saturated heterocycles. The van der Waals surface area contributed by atoms with Gasteiger partial charge in [-0.25, -0.2) is 8.42 Å². The summed E-state index contributed by atoms with van der Waals surface area (Å²) in [6.07, 6.45) is 3.19. The zero-order valence-electron chi connectivity index (χ0n) is 12.2. The summed E-state index contributed by atoms with van der Waals surface area (Å²) in [5.74, 6) is 0. The van der Waals surface area contributed by atoms with E-state index < -0.39 is 9.84 Å². The second-order valence-corrected chi connectivity index (χ2v) is 7.23. The Hall–Kier alpha value is -1.33. The van der Waals surface area contributed by atoms with Crippen LogP contribution < -0.4 is 4.90 Å². The highest BCUT2D eigenvalue weighted by molar-refractivity contribution is 7.90. The summed E-state index contributed by atoms with van der Waals surface area (Å²) in [4.78, 5) is 5.05. The lowest BCUT2D eigenvalue weighted by atomic mass is 10.1. The van der Waals surface area contributed by atoms with Gasteiger partial charge in [0.05, 0.1) is 4.90 Å². The topological polar surface area (TPSA) is 40.6 Å². The van der Waals surface area contributed by atoms with E-state index in [9.17, 15) is 8.42 Å². The molecule has 1 aliphatic heterocycles. The summed E-state index contributed by atoms with van der Waals surface area (Å²) in [5.41, 5.74) is 1.89. The van der Waals surface area contributed by atoms with E-state index in [0.717, 1.165) is 44.0 Å². The normalized spacial score (nSPS) is 17.2. The van der Waals surface area contributed by atoms with Crippen LogP contribution in [0.5, 0.6) is 0 Å². The second kappa shape index (κ2) is 5.97. The molecule has 1 aromatic rings. The SMILES string of the molecule is C=CCN1CCN(c2cccc(S(C)(=O)=O)c2C)CC1. The van der Waals surface area contributed by atoms with Crippen molar-refractivity contribution in [3.63, 3.8) is 0 Å². The molecule has 0 spiro atoms. The fraction of sp³-hybridized carbons (Fsp3) is 0.467. The first-order chi connectivity index (χ1) is 9.43. The smallest absolute Gasteiger partial charge is 0.175 e. The highest BCUT2D eigenvalue weighted by atomic mass is 32.2. The summed E-state index contributed by atoms with van der Waals surface area (Å²) < 4.78 is 23.6. The predicted octanol–water partition coefficient (Wildman–Crippen LogP) is 1.71. The van der Waals surface area contributed by atoms with Crippen molar-refractivity contribution in [3.05, 3.63) is 36.4 Å². The van der Waals surface area contributed by atoms with Crippen molar-refractivity contribution in [1.82, 2.24) is 4.90 Å². The molecule has 4 nitrogen and oxygen atoms in total. The number of hydrogen-bond acceptors (Lipinski definition) is 4. The molecule has 0 atom stereocenters. The molecule has 0 N–H and O–H groups in total. The van der Waals surface area contributed by atoms with Gasteiger partial charge in [-0.15, -0.1) is 6.58 Å². The Morgan fingerprint density at radius 2 is 1.90 bits per heavy atom. The van der Waals surface area contributed by atoms with Gasteiger partial charge in [-0.3, -0.25) is 4.90 Å². The lowest BCUT2D eigenvalue weighted by Gasteiger charge is -2.36. The van der Waals surface area contributed by atoms with Crippen molar-refractivity contribution >= 4 is 15.5 Å². The van der Waals surface area contributed by atoms with Crippen LogP contribution in [-0.4, -0.2) is 52.3 Å². The van der Waals surface area contributed by atoms with Gasteiger partial charge < -0.3 is 4.90 Å². The molecule has 110 valence electrons. The zero-order chi connectivity index (χ0) is 14.8. The maximum Gasteiger partial charge on any atom is 0.175 e. The number of benzene rings is 1. The molecule has 2 rings (SSSR count). The average Bonchev–Trinajstić information content (AvgIpc) is 2.39. The van der Waals surface area contributed by atoms with Gasteiger partial charge in [0.25, 0.3) is 0 Å². The molecular weight excluding hydrogens is 272 g/mol. The lowest BCUT2D eigenvalue weighted by Crippen LogP contribution is -2.46. The average molecular weight is 294 g/mol. The van der Waals surface area contributed by atoms with Crippen LogP contribution in [0.3, 0.4) is 0 Å². The number of piperazine rings is 1. The first-order valence-electron chi connectivity index (χ1n) is 6.81. The van der Waals surface area contributed by atoms with Crippen LogP contribution in [-0.2, 0) is 9.84 Å². The third-order valence-electron chi connectivity index (χ3n) is 3.76. The Labute approximate surface area is 121 Å². The molecule has 1 aromatic carbocycles. The van der Waals surface area contributed by atoms with Gasteiger partial charge in [0.1, 0.15) is 0 Å². The van der Waals surface area contributed by atoms with Gasteiger partial charge in [0.2, 0.25) is 0 Å². The van der Waals surface area contributed by atoms with E-state index >= 15 is 0 Å². The van der Waals surface area contributed by atoms with E-state index in [1.165, 1.54) is 6.26 Å². The fourth-order valence-electron chi connectivity index (χ4n) is 2.70. The number of hydrogen-bond donors (Lipinski definition) is 0. The standard InChI is InChI=1S/C15H22N2O2S/c1-4-8-16-9-11-17(12-10-16)14-6-5-7-15(13(14)2)20(3,18)19/h4-7H,1,8-12H2,2-3H3. The first kappa shape index (κ1) is 15.1. The van der Waals surface area contributed by atoms with Crippen LogP contribution in [0.4, 0.5) is 5.69 Å². The third-order valence-corrected chi connectivity index (χ3v) is 5.00. The summed E-state index contributed by atoms with van der Waals surface area (Å²) >= 11 is 0. The predicted molar refractivity (Wildman–Crippen MR) is 83.1 cm³/mol.